The number of hydrogen-bond donors (Lipinski definition) is 0. The summed E-state index contributed by atoms with van der Waals surface area (Å²) in [4.78, 5) is 2.51. The van der Waals surface area contributed by atoms with E-state index in [1.807, 2.05) is 0 Å². The summed E-state index contributed by atoms with van der Waals surface area (Å²) >= 11 is 0. The highest BCUT2D eigenvalue weighted by atomic mass is 15.1. The molecule has 0 aromatic carbocycles. The summed E-state index contributed by atoms with van der Waals surface area (Å²) in [6.45, 7) is 14.9. The van der Waals surface area contributed by atoms with Gasteiger partial charge in [0.1, 0.15) is 0 Å². The first kappa shape index (κ1) is 14.7. The van der Waals surface area contributed by atoms with Crippen LogP contribution in [0.5, 0.6) is 0 Å². The zero-order chi connectivity index (χ0) is 11.7. The Labute approximate surface area is 96.6 Å². The molecule has 1 atom stereocenters. The Hall–Kier alpha value is -0.300. The molecule has 0 aliphatic carbocycles. The van der Waals surface area contributed by atoms with Crippen LogP contribution in [0, 0.1) is 5.92 Å². The maximum Gasteiger partial charge on any atom is -0.00164 e. The van der Waals surface area contributed by atoms with Gasteiger partial charge in [-0.15, -0.1) is 0 Å². The van der Waals surface area contributed by atoms with E-state index >= 15 is 0 Å². The Morgan fingerprint density at radius 3 is 2.20 bits per heavy atom. The fraction of sp³-hybridized carbons (Fsp3) is 0.857. The Kier molecular flexibility index (Phi) is 8.79. The molecule has 15 heavy (non-hydrogen) atoms. The van der Waals surface area contributed by atoms with E-state index in [0.29, 0.717) is 0 Å². The van der Waals surface area contributed by atoms with Crippen molar-refractivity contribution < 1.29 is 0 Å². The first-order valence-corrected chi connectivity index (χ1v) is 6.45. The minimum atomic E-state index is 0.862. The molecule has 0 aromatic rings. The lowest BCUT2D eigenvalue weighted by Gasteiger charge is -2.20. The Balaban J connectivity index is 3.56. The van der Waals surface area contributed by atoms with E-state index < -0.39 is 0 Å². The standard InChI is InChI=1S/C14H29N/c1-6-15(7-2)12-11-14(5)10-8-9-13(3)4/h9,14H,6-8,10-12H2,1-5H3. The van der Waals surface area contributed by atoms with Crippen LogP contribution in [0.3, 0.4) is 0 Å². The molecule has 0 aliphatic heterocycles. The van der Waals surface area contributed by atoms with Crippen molar-refractivity contribution in [3.8, 4) is 0 Å². The van der Waals surface area contributed by atoms with E-state index in [1.54, 1.807) is 0 Å². The molecule has 0 spiro atoms. The van der Waals surface area contributed by atoms with Crippen molar-refractivity contribution in [2.75, 3.05) is 19.6 Å². The van der Waals surface area contributed by atoms with Crippen LogP contribution in [0.15, 0.2) is 11.6 Å². The fourth-order valence-corrected chi connectivity index (χ4v) is 1.74. The SMILES string of the molecule is CCN(CC)CCC(C)CCC=C(C)C. The summed E-state index contributed by atoms with van der Waals surface area (Å²) in [6.07, 6.45) is 6.29. The quantitative estimate of drug-likeness (QED) is 0.546. The summed E-state index contributed by atoms with van der Waals surface area (Å²) < 4.78 is 0. The van der Waals surface area contributed by atoms with Gasteiger partial charge in [0.2, 0.25) is 0 Å². The molecule has 0 bridgehead atoms. The molecule has 0 fully saturated rings. The van der Waals surface area contributed by atoms with Crippen LogP contribution in [0.25, 0.3) is 0 Å². The first-order valence-electron chi connectivity index (χ1n) is 6.45. The molecule has 1 nitrogen and oxygen atoms in total. The van der Waals surface area contributed by atoms with E-state index in [0.717, 1.165) is 5.92 Å². The van der Waals surface area contributed by atoms with E-state index in [9.17, 15) is 0 Å². The Bertz CT molecular complexity index is 164. The molecule has 0 N–H and O–H groups in total. The normalized spacial score (nSPS) is 12.9. The van der Waals surface area contributed by atoms with Crippen molar-refractivity contribution >= 4 is 0 Å². The first-order chi connectivity index (χ1) is 7.10. The van der Waals surface area contributed by atoms with Gasteiger partial charge in [0.05, 0.1) is 0 Å². The molecule has 1 heteroatoms. The van der Waals surface area contributed by atoms with E-state index in [4.69, 9.17) is 0 Å². The molecule has 1 unspecified atom stereocenters. The third-order valence-electron chi connectivity index (χ3n) is 3.04. The van der Waals surface area contributed by atoms with Crippen LogP contribution in [0.2, 0.25) is 0 Å². The molecule has 0 saturated carbocycles. The van der Waals surface area contributed by atoms with E-state index in [1.165, 1.54) is 44.5 Å². The average Bonchev–Trinajstić information content (AvgIpc) is 2.18. The van der Waals surface area contributed by atoms with Crippen molar-refractivity contribution in [1.29, 1.82) is 0 Å². The molecule has 90 valence electrons. The van der Waals surface area contributed by atoms with Gasteiger partial charge in [-0.05, 0) is 58.7 Å². The highest BCUT2D eigenvalue weighted by molar-refractivity contribution is 4.92. The predicted octanol–water partition coefficient (Wildman–Crippen LogP) is 4.10. The maximum atomic E-state index is 2.51. The van der Waals surface area contributed by atoms with Crippen LogP contribution in [0.4, 0.5) is 0 Å². The van der Waals surface area contributed by atoms with Gasteiger partial charge >= 0.3 is 0 Å². The minimum Gasteiger partial charge on any atom is -0.304 e. The Morgan fingerprint density at radius 1 is 1.13 bits per heavy atom. The van der Waals surface area contributed by atoms with Crippen molar-refractivity contribution in [3.05, 3.63) is 11.6 Å². The smallest absolute Gasteiger partial charge is 0.00164 e. The van der Waals surface area contributed by atoms with Crippen LogP contribution in [-0.4, -0.2) is 24.5 Å². The highest BCUT2D eigenvalue weighted by Gasteiger charge is 2.04. The summed E-state index contributed by atoms with van der Waals surface area (Å²) in [5.74, 6) is 0.862. The van der Waals surface area contributed by atoms with E-state index in [2.05, 4.69) is 45.6 Å². The highest BCUT2D eigenvalue weighted by Crippen LogP contribution is 2.12. The molecule has 0 saturated heterocycles. The third-order valence-corrected chi connectivity index (χ3v) is 3.04. The second-order valence-corrected chi connectivity index (χ2v) is 4.78. The minimum absolute atomic E-state index is 0.862. The molecule has 0 rings (SSSR count). The van der Waals surface area contributed by atoms with E-state index in [-0.39, 0.29) is 0 Å². The lowest BCUT2D eigenvalue weighted by atomic mass is 10.0. The van der Waals surface area contributed by atoms with Gasteiger partial charge in [-0.25, -0.2) is 0 Å². The predicted molar refractivity (Wildman–Crippen MR) is 70.2 cm³/mol. The Morgan fingerprint density at radius 2 is 1.73 bits per heavy atom. The maximum absolute atomic E-state index is 2.51. The lowest BCUT2D eigenvalue weighted by Crippen LogP contribution is -2.25. The van der Waals surface area contributed by atoms with Gasteiger partial charge in [-0.2, -0.15) is 0 Å². The molecule has 0 radical (unpaired) electrons. The number of allylic oxidation sites excluding steroid dienone is 2. The van der Waals surface area contributed by atoms with Gasteiger partial charge in [0, 0.05) is 0 Å². The van der Waals surface area contributed by atoms with Crippen LogP contribution < -0.4 is 0 Å². The van der Waals surface area contributed by atoms with Crippen molar-refractivity contribution in [3.63, 3.8) is 0 Å². The lowest BCUT2D eigenvalue weighted by molar-refractivity contribution is 0.276. The van der Waals surface area contributed by atoms with Crippen LogP contribution in [-0.2, 0) is 0 Å². The number of nitrogens with zero attached hydrogens (tertiary/aromatic N) is 1. The molecule has 0 amide bonds. The molecule has 0 aromatic heterocycles. The molecule has 0 heterocycles. The van der Waals surface area contributed by atoms with Gasteiger partial charge < -0.3 is 4.90 Å². The summed E-state index contributed by atoms with van der Waals surface area (Å²) in [5.41, 5.74) is 1.45. The summed E-state index contributed by atoms with van der Waals surface area (Å²) in [5, 5.41) is 0. The largest absolute Gasteiger partial charge is 0.304 e. The van der Waals surface area contributed by atoms with Crippen molar-refractivity contribution in [2.45, 2.75) is 53.9 Å². The average molecular weight is 211 g/mol. The van der Waals surface area contributed by atoms with Crippen LogP contribution in [0.1, 0.15) is 53.9 Å². The second-order valence-electron chi connectivity index (χ2n) is 4.78. The van der Waals surface area contributed by atoms with Crippen molar-refractivity contribution in [2.24, 2.45) is 5.92 Å². The molecular weight excluding hydrogens is 182 g/mol. The second kappa shape index (κ2) is 8.96. The van der Waals surface area contributed by atoms with Gasteiger partial charge in [0.25, 0.3) is 0 Å². The third kappa shape index (κ3) is 8.68. The fourth-order valence-electron chi connectivity index (χ4n) is 1.74. The summed E-state index contributed by atoms with van der Waals surface area (Å²) in [6, 6.07) is 0. The zero-order valence-corrected chi connectivity index (χ0v) is 11.3. The molecule has 0 aliphatic rings. The monoisotopic (exact) mass is 211 g/mol. The van der Waals surface area contributed by atoms with Gasteiger partial charge in [-0.3, -0.25) is 0 Å². The topological polar surface area (TPSA) is 3.24 Å². The summed E-state index contributed by atoms with van der Waals surface area (Å²) in [7, 11) is 0. The number of hydrogen-bond acceptors (Lipinski definition) is 1. The number of rotatable bonds is 8. The van der Waals surface area contributed by atoms with Crippen LogP contribution >= 0.6 is 0 Å². The van der Waals surface area contributed by atoms with Crippen molar-refractivity contribution in [1.82, 2.24) is 4.90 Å². The van der Waals surface area contributed by atoms with Gasteiger partial charge in [0.15, 0.2) is 0 Å². The zero-order valence-electron chi connectivity index (χ0n) is 11.3. The van der Waals surface area contributed by atoms with Gasteiger partial charge in [-0.1, -0.05) is 32.4 Å². The molecular formula is C14H29N.